The number of phosphoric ester groups is 3. The first-order valence-electron chi connectivity index (χ1n) is 22.9. The average molecular weight is 989 g/mol. The van der Waals surface area contributed by atoms with Crippen LogP contribution in [0.3, 0.4) is 0 Å². The van der Waals surface area contributed by atoms with Crippen molar-refractivity contribution in [2.45, 2.75) is 223 Å². The van der Waals surface area contributed by atoms with E-state index in [1.807, 2.05) is 0 Å². The molecule has 1 aliphatic rings. The molecule has 0 aromatic heterocycles. The van der Waals surface area contributed by atoms with Crippen LogP contribution in [0, 0.1) is 0 Å². The molecule has 374 valence electrons. The summed E-state index contributed by atoms with van der Waals surface area (Å²) in [5.41, 5.74) is 0. The van der Waals surface area contributed by atoms with Gasteiger partial charge in [-0.25, -0.2) is 13.7 Å². The summed E-state index contributed by atoms with van der Waals surface area (Å²) >= 11 is 4.24. The molecule has 0 heterocycles. The lowest BCUT2D eigenvalue weighted by atomic mass is 9.85. The van der Waals surface area contributed by atoms with Crippen molar-refractivity contribution in [3.63, 3.8) is 0 Å². The predicted molar refractivity (Wildman–Crippen MR) is 238 cm³/mol. The van der Waals surface area contributed by atoms with Gasteiger partial charge in [-0.3, -0.25) is 27.7 Å². The molecule has 23 heteroatoms. The minimum absolute atomic E-state index is 0.00304. The molecule has 1 aliphatic carbocycles. The van der Waals surface area contributed by atoms with E-state index >= 15 is 0 Å². The molecule has 63 heavy (non-hydrogen) atoms. The zero-order valence-electron chi connectivity index (χ0n) is 37.1. The van der Waals surface area contributed by atoms with E-state index in [0.29, 0.717) is 12.8 Å². The second-order valence-corrected chi connectivity index (χ2v) is 20.7. The van der Waals surface area contributed by atoms with E-state index in [1.54, 1.807) is 0 Å². The quantitative estimate of drug-likeness (QED) is 0.0124. The van der Waals surface area contributed by atoms with Gasteiger partial charge in [-0.05, 0) is 25.0 Å². The maximum absolute atomic E-state index is 13.1. The number of carbonyl (C=O) groups excluding carboxylic acids is 2. The molecule has 0 aliphatic heterocycles. The van der Waals surface area contributed by atoms with E-state index in [1.165, 1.54) is 89.9 Å². The largest absolute Gasteiger partial charge is 0.472 e. The van der Waals surface area contributed by atoms with Crippen LogP contribution in [-0.2, 0) is 50.9 Å². The number of ether oxygens (including phenoxy) is 2. The number of thiol groups is 1. The summed E-state index contributed by atoms with van der Waals surface area (Å²) in [5, 5.41) is 31.8. The van der Waals surface area contributed by atoms with Gasteiger partial charge in [0, 0.05) is 12.8 Å². The third kappa shape index (κ3) is 31.2. The highest BCUT2D eigenvalue weighted by Gasteiger charge is 2.56. The summed E-state index contributed by atoms with van der Waals surface area (Å²) < 4.78 is 65.4. The zero-order valence-corrected chi connectivity index (χ0v) is 40.7. The number of esters is 2. The fourth-order valence-electron chi connectivity index (χ4n) is 7.27. The Morgan fingerprint density at radius 2 is 0.857 bits per heavy atom. The van der Waals surface area contributed by atoms with Crippen LogP contribution in [0.4, 0.5) is 0 Å². The number of unbranched alkanes of at least 4 members (excludes halogenated alkanes) is 23. The summed E-state index contributed by atoms with van der Waals surface area (Å²) in [4.78, 5) is 73.0. The van der Waals surface area contributed by atoms with Crippen LogP contribution in [0.1, 0.15) is 180 Å². The molecule has 1 saturated carbocycles. The fraction of sp³-hybridized carbons (Fsp3) is 0.950. The summed E-state index contributed by atoms with van der Waals surface area (Å²) in [6.45, 7) is 0.728. The standard InChI is InChI=1S/C40H79O19P3S/c1-2-3-4-5-6-7-8-9-13-16-19-22-25-28-34(42)56-32(30-54-33(41)27-24-21-18-15-12-10-11-14-17-20-23-26-29-63)31-55-62(52,53)59-38-35(43)36(44)39(57-60(46,47)48)40(37(38)45)58-61(49,50)51/h32,35-40,43-45,63H,2-31H2,1H3,(H,52,53)(H2,46,47,48)(H2,49,50,51)/t32-,35?,36+,37-,38?,39?,40-/m1/s1. The molecule has 8 N–H and O–H groups in total. The first kappa shape index (κ1) is 60.5. The second kappa shape index (κ2) is 34.7. The van der Waals surface area contributed by atoms with Crippen molar-refractivity contribution < 1.29 is 90.6 Å². The Bertz CT molecular complexity index is 1350. The third-order valence-corrected chi connectivity index (χ3v) is 13.1. The molecule has 0 bridgehead atoms. The molecule has 0 saturated heterocycles. The molecule has 0 radical (unpaired) electrons. The Balaban J connectivity index is 2.74. The average Bonchev–Trinajstić information content (AvgIpc) is 3.20. The van der Waals surface area contributed by atoms with Gasteiger partial charge in [-0.15, -0.1) is 0 Å². The van der Waals surface area contributed by atoms with Gasteiger partial charge in [0.1, 0.15) is 43.2 Å². The molecule has 0 amide bonds. The van der Waals surface area contributed by atoms with Crippen LogP contribution in [0.2, 0.25) is 0 Å². The van der Waals surface area contributed by atoms with Gasteiger partial charge in [0.15, 0.2) is 6.10 Å². The first-order valence-corrected chi connectivity index (χ1v) is 28.1. The van der Waals surface area contributed by atoms with Crippen LogP contribution in [-0.4, -0.2) is 113 Å². The van der Waals surface area contributed by atoms with Gasteiger partial charge in [0.05, 0.1) is 6.61 Å². The lowest BCUT2D eigenvalue weighted by molar-refractivity contribution is -0.213. The summed E-state index contributed by atoms with van der Waals surface area (Å²) in [6, 6.07) is 0. The highest BCUT2D eigenvalue weighted by atomic mass is 32.1. The SMILES string of the molecule is CCCCCCCCCCCCCCCC(=O)O[C@H](COC(=O)CCCCCCCCCCCCCCS)COP(=O)(O)OC1C(O)[C@H](O)C(OP(=O)(O)O)[C@H](OP(=O)(O)O)[C@@H]1O. The van der Waals surface area contributed by atoms with Crippen LogP contribution in [0.5, 0.6) is 0 Å². The van der Waals surface area contributed by atoms with Crippen molar-refractivity contribution >= 4 is 48.0 Å². The van der Waals surface area contributed by atoms with Crippen LogP contribution >= 0.6 is 36.1 Å². The highest BCUT2D eigenvalue weighted by Crippen LogP contribution is 2.51. The topological polar surface area (TPSA) is 303 Å². The molecule has 8 atom stereocenters. The van der Waals surface area contributed by atoms with Gasteiger partial charge in [-0.1, -0.05) is 148 Å². The first-order chi connectivity index (χ1) is 29.8. The molecule has 0 spiro atoms. The Hall–Kier alpha value is -0.500. The Morgan fingerprint density at radius 3 is 1.27 bits per heavy atom. The number of aliphatic hydroxyl groups is 3. The van der Waals surface area contributed by atoms with E-state index in [0.717, 1.165) is 63.5 Å². The Morgan fingerprint density at radius 1 is 0.492 bits per heavy atom. The zero-order chi connectivity index (χ0) is 47.2. The Labute approximate surface area is 379 Å². The van der Waals surface area contributed by atoms with E-state index < -0.39 is 91.3 Å². The van der Waals surface area contributed by atoms with Gasteiger partial charge in [0.25, 0.3) is 0 Å². The summed E-state index contributed by atoms with van der Waals surface area (Å²) in [5.74, 6) is -0.359. The van der Waals surface area contributed by atoms with Crippen LogP contribution in [0.15, 0.2) is 0 Å². The molecule has 0 aromatic rings. The molecular weight excluding hydrogens is 909 g/mol. The number of hydrogen-bond donors (Lipinski definition) is 9. The van der Waals surface area contributed by atoms with Crippen molar-refractivity contribution in [3.8, 4) is 0 Å². The number of hydrogen-bond acceptors (Lipinski definition) is 15. The third-order valence-electron chi connectivity index (χ3n) is 10.7. The molecule has 0 aromatic carbocycles. The number of rotatable bonds is 40. The van der Waals surface area contributed by atoms with Gasteiger partial charge in [0.2, 0.25) is 0 Å². The van der Waals surface area contributed by atoms with Crippen molar-refractivity contribution in [3.05, 3.63) is 0 Å². The molecule has 1 rings (SSSR count). The number of phosphoric acid groups is 3. The summed E-state index contributed by atoms with van der Waals surface area (Å²) in [6.07, 6.45) is 11.1. The van der Waals surface area contributed by atoms with Gasteiger partial charge in [-0.2, -0.15) is 12.6 Å². The maximum Gasteiger partial charge on any atom is 0.472 e. The van der Waals surface area contributed by atoms with E-state index in [4.69, 9.17) is 18.5 Å². The lowest BCUT2D eigenvalue weighted by Crippen LogP contribution is -2.65. The maximum atomic E-state index is 13.1. The Kier molecular flexibility index (Phi) is 33.4. The monoisotopic (exact) mass is 988 g/mol. The molecule has 1 fully saturated rings. The predicted octanol–water partition coefficient (Wildman–Crippen LogP) is 7.48. The molecular formula is C40H79O19P3S. The van der Waals surface area contributed by atoms with Crippen LogP contribution < -0.4 is 0 Å². The molecule has 19 nitrogen and oxygen atoms in total. The second-order valence-electron chi connectivity index (χ2n) is 16.4. The lowest BCUT2D eigenvalue weighted by Gasteiger charge is -2.44. The van der Waals surface area contributed by atoms with Crippen molar-refractivity contribution in [1.82, 2.24) is 0 Å². The van der Waals surface area contributed by atoms with Crippen molar-refractivity contribution in [1.29, 1.82) is 0 Å². The van der Waals surface area contributed by atoms with E-state index in [2.05, 4.69) is 28.6 Å². The van der Waals surface area contributed by atoms with Crippen molar-refractivity contribution in [2.24, 2.45) is 0 Å². The van der Waals surface area contributed by atoms with E-state index in [-0.39, 0.29) is 12.8 Å². The smallest absolute Gasteiger partial charge is 0.462 e. The normalized spacial score (nSPS) is 22.1. The van der Waals surface area contributed by atoms with Gasteiger partial charge < -0.3 is 49.3 Å². The highest BCUT2D eigenvalue weighted by molar-refractivity contribution is 7.80. The number of carbonyl (C=O) groups is 2. The summed E-state index contributed by atoms with van der Waals surface area (Å²) in [7, 11) is -16.6. The van der Waals surface area contributed by atoms with Gasteiger partial charge >= 0.3 is 35.4 Å². The van der Waals surface area contributed by atoms with Crippen molar-refractivity contribution in [2.75, 3.05) is 19.0 Å². The van der Waals surface area contributed by atoms with E-state index in [9.17, 15) is 63.1 Å². The molecule has 4 unspecified atom stereocenters. The minimum Gasteiger partial charge on any atom is -0.462 e. The number of aliphatic hydroxyl groups excluding tert-OH is 3. The fourth-order valence-corrected chi connectivity index (χ4v) is 9.59. The minimum atomic E-state index is -5.59. The van der Waals surface area contributed by atoms with Crippen LogP contribution in [0.25, 0.3) is 0 Å².